The zero-order chi connectivity index (χ0) is 20.7. The summed E-state index contributed by atoms with van der Waals surface area (Å²) in [5, 5.41) is 3.22. The number of rotatable bonds is 8. The van der Waals surface area contributed by atoms with Gasteiger partial charge in [0, 0.05) is 12.5 Å². The first kappa shape index (κ1) is 21.9. The van der Waals surface area contributed by atoms with Crippen molar-refractivity contribution in [1.82, 2.24) is 0 Å². The third-order valence-corrected chi connectivity index (χ3v) is 4.58. The van der Waals surface area contributed by atoms with Crippen molar-refractivity contribution in [2.75, 3.05) is 26.1 Å². The number of hydrogen-bond acceptors (Lipinski definition) is 4. The van der Waals surface area contributed by atoms with Crippen LogP contribution in [0.1, 0.15) is 39.2 Å². The summed E-state index contributed by atoms with van der Waals surface area (Å²) in [7, 11) is 3.05. The van der Waals surface area contributed by atoms with Crippen LogP contribution in [0.3, 0.4) is 0 Å². The Kier molecular flexibility index (Phi) is 7.58. The number of halogens is 1. The van der Waals surface area contributed by atoms with E-state index in [4.69, 9.17) is 25.8 Å². The van der Waals surface area contributed by atoms with Crippen LogP contribution >= 0.6 is 11.6 Å². The van der Waals surface area contributed by atoms with Gasteiger partial charge in [-0.1, -0.05) is 44.5 Å². The van der Waals surface area contributed by atoms with E-state index < -0.39 is 0 Å². The predicted molar refractivity (Wildman–Crippen MR) is 113 cm³/mol. The summed E-state index contributed by atoms with van der Waals surface area (Å²) in [6, 6.07) is 11.3. The molecule has 0 saturated carbocycles. The normalized spacial score (nSPS) is 11.1. The zero-order valence-corrected chi connectivity index (χ0v) is 17.9. The summed E-state index contributed by atoms with van der Waals surface area (Å²) < 4.78 is 16.2. The Labute approximate surface area is 171 Å². The Balaban J connectivity index is 1.82. The molecule has 152 valence electrons. The molecule has 0 fully saturated rings. The molecule has 0 spiro atoms. The highest BCUT2D eigenvalue weighted by Gasteiger charge is 2.14. The first-order valence-electron chi connectivity index (χ1n) is 9.19. The number of nitrogens with one attached hydrogen (secondary N) is 1. The number of methoxy groups -OCH3 is 2. The van der Waals surface area contributed by atoms with Crippen molar-refractivity contribution < 1.29 is 19.0 Å². The molecule has 0 aliphatic heterocycles. The average Bonchev–Trinajstić information content (AvgIpc) is 2.65. The van der Waals surface area contributed by atoms with Crippen LogP contribution in [0.15, 0.2) is 36.4 Å². The van der Waals surface area contributed by atoms with Crippen LogP contribution in [-0.2, 0) is 10.2 Å². The Bertz CT molecular complexity index is 797. The van der Waals surface area contributed by atoms with E-state index in [1.165, 1.54) is 19.8 Å². The van der Waals surface area contributed by atoms with E-state index in [1.54, 1.807) is 12.1 Å². The average molecular weight is 406 g/mol. The lowest BCUT2D eigenvalue weighted by atomic mass is 9.87. The van der Waals surface area contributed by atoms with Crippen molar-refractivity contribution in [3.05, 3.63) is 47.0 Å². The molecular formula is C22H28ClNO4. The standard InChI is InChI=1S/C22H28ClNO4/c1-22(2,3)15-8-10-16(11-9-15)28-12-6-7-21(25)24-18-13-17(23)19(26-4)14-20(18)27-5/h8-11,13-14H,6-7,12H2,1-5H3,(H,24,25). The maximum atomic E-state index is 12.2. The number of amides is 1. The predicted octanol–water partition coefficient (Wildman–Crippen LogP) is 5.45. The van der Waals surface area contributed by atoms with E-state index in [-0.39, 0.29) is 11.3 Å². The number of benzene rings is 2. The summed E-state index contributed by atoms with van der Waals surface area (Å²) in [6.45, 7) is 6.98. The van der Waals surface area contributed by atoms with Crippen molar-refractivity contribution in [2.24, 2.45) is 0 Å². The molecule has 0 bridgehead atoms. The van der Waals surface area contributed by atoms with Gasteiger partial charge >= 0.3 is 0 Å². The van der Waals surface area contributed by atoms with Crippen LogP contribution in [0.2, 0.25) is 5.02 Å². The fraction of sp³-hybridized carbons (Fsp3) is 0.409. The summed E-state index contributed by atoms with van der Waals surface area (Å²) >= 11 is 6.12. The SMILES string of the molecule is COc1cc(OC)c(NC(=O)CCCOc2ccc(C(C)(C)C)cc2)cc1Cl. The Hall–Kier alpha value is -2.40. The van der Waals surface area contributed by atoms with Crippen LogP contribution in [0.5, 0.6) is 17.2 Å². The van der Waals surface area contributed by atoms with E-state index in [0.29, 0.717) is 41.7 Å². The van der Waals surface area contributed by atoms with E-state index in [2.05, 4.69) is 38.2 Å². The van der Waals surface area contributed by atoms with Crippen LogP contribution in [0, 0.1) is 0 Å². The summed E-state index contributed by atoms with van der Waals surface area (Å²) in [4.78, 5) is 12.2. The lowest BCUT2D eigenvalue weighted by Gasteiger charge is -2.19. The molecule has 0 radical (unpaired) electrons. The largest absolute Gasteiger partial charge is 0.495 e. The van der Waals surface area contributed by atoms with Gasteiger partial charge in [0.1, 0.15) is 17.2 Å². The molecule has 1 amide bonds. The lowest BCUT2D eigenvalue weighted by molar-refractivity contribution is -0.116. The second-order valence-corrected chi connectivity index (χ2v) is 7.87. The Morgan fingerprint density at radius 3 is 2.25 bits per heavy atom. The quantitative estimate of drug-likeness (QED) is 0.593. The zero-order valence-electron chi connectivity index (χ0n) is 17.1. The molecule has 5 nitrogen and oxygen atoms in total. The van der Waals surface area contributed by atoms with E-state index in [0.717, 1.165) is 5.75 Å². The van der Waals surface area contributed by atoms with Crippen LogP contribution in [-0.4, -0.2) is 26.7 Å². The highest BCUT2D eigenvalue weighted by molar-refractivity contribution is 6.32. The minimum Gasteiger partial charge on any atom is -0.495 e. The molecule has 2 rings (SSSR count). The molecule has 0 heterocycles. The van der Waals surface area contributed by atoms with Gasteiger partial charge in [-0.05, 0) is 35.6 Å². The Morgan fingerprint density at radius 2 is 1.68 bits per heavy atom. The molecule has 0 saturated heterocycles. The van der Waals surface area contributed by atoms with E-state index >= 15 is 0 Å². The van der Waals surface area contributed by atoms with Crippen molar-refractivity contribution >= 4 is 23.2 Å². The number of anilines is 1. The van der Waals surface area contributed by atoms with Gasteiger partial charge in [0.2, 0.25) is 5.91 Å². The van der Waals surface area contributed by atoms with Crippen molar-refractivity contribution in [1.29, 1.82) is 0 Å². The molecule has 0 atom stereocenters. The third-order valence-electron chi connectivity index (χ3n) is 4.29. The molecule has 0 unspecified atom stereocenters. The van der Waals surface area contributed by atoms with Gasteiger partial charge < -0.3 is 19.5 Å². The molecule has 0 aliphatic carbocycles. The maximum Gasteiger partial charge on any atom is 0.224 e. The van der Waals surface area contributed by atoms with Crippen molar-refractivity contribution in [3.63, 3.8) is 0 Å². The number of carbonyl (C=O) groups excluding carboxylic acids is 1. The van der Waals surface area contributed by atoms with Gasteiger partial charge in [-0.3, -0.25) is 4.79 Å². The summed E-state index contributed by atoms with van der Waals surface area (Å²) in [5.41, 5.74) is 1.88. The molecule has 0 aliphatic rings. The van der Waals surface area contributed by atoms with E-state index in [1.807, 2.05) is 12.1 Å². The maximum absolute atomic E-state index is 12.2. The minimum absolute atomic E-state index is 0.113. The molecule has 6 heteroatoms. The highest BCUT2D eigenvalue weighted by Crippen LogP contribution is 2.36. The molecule has 2 aromatic carbocycles. The summed E-state index contributed by atoms with van der Waals surface area (Å²) in [6.07, 6.45) is 0.923. The molecular weight excluding hydrogens is 378 g/mol. The number of ether oxygens (including phenoxy) is 3. The fourth-order valence-electron chi connectivity index (χ4n) is 2.64. The minimum atomic E-state index is -0.133. The van der Waals surface area contributed by atoms with Gasteiger partial charge in [-0.2, -0.15) is 0 Å². The van der Waals surface area contributed by atoms with Gasteiger partial charge in [0.05, 0.1) is 31.5 Å². The van der Waals surface area contributed by atoms with Crippen LogP contribution in [0.4, 0.5) is 5.69 Å². The van der Waals surface area contributed by atoms with Gasteiger partial charge in [0.25, 0.3) is 0 Å². The number of carbonyl (C=O) groups is 1. The molecule has 2 aromatic rings. The molecule has 28 heavy (non-hydrogen) atoms. The topological polar surface area (TPSA) is 56.8 Å². The second kappa shape index (κ2) is 9.69. The highest BCUT2D eigenvalue weighted by atomic mass is 35.5. The second-order valence-electron chi connectivity index (χ2n) is 7.46. The van der Waals surface area contributed by atoms with Gasteiger partial charge in [-0.25, -0.2) is 0 Å². The monoisotopic (exact) mass is 405 g/mol. The van der Waals surface area contributed by atoms with E-state index in [9.17, 15) is 4.79 Å². The van der Waals surface area contributed by atoms with Gasteiger partial charge in [-0.15, -0.1) is 0 Å². The smallest absolute Gasteiger partial charge is 0.224 e. The Morgan fingerprint density at radius 1 is 1.04 bits per heavy atom. The lowest BCUT2D eigenvalue weighted by Crippen LogP contribution is -2.14. The molecule has 1 N–H and O–H groups in total. The third kappa shape index (κ3) is 6.06. The van der Waals surface area contributed by atoms with Crippen molar-refractivity contribution in [2.45, 2.75) is 39.0 Å². The first-order valence-corrected chi connectivity index (χ1v) is 9.57. The number of hydrogen-bond donors (Lipinski definition) is 1. The fourth-order valence-corrected chi connectivity index (χ4v) is 2.89. The van der Waals surface area contributed by atoms with Crippen LogP contribution in [0.25, 0.3) is 0 Å². The summed E-state index contributed by atoms with van der Waals surface area (Å²) in [5.74, 6) is 1.65. The first-order chi connectivity index (χ1) is 13.2. The van der Waals surface area contributed by atoms with Gasteiger partial charge in [0.15, 0.2) is 0 Å². The molecule has 0 aromatic heterocycles. The van der Waals surface area contributed by atoms with Crippen molar-refractivity contribution in [3.8, 4) is 17.2 Å². The van der Waals surface area contributed by atoms with Crippen LogP contribution < -0.4 is 19.5 Å².